The van der Waals surface area contributed by atoms with Crippen LogP contribution in [0.15, 0.2) is 84.5 Å². The summed E-state index contributed by atoms with van der Waals surface area (Å²) in [7, 11) is 0. The Balaban J connectivity index is -0.000000575. The van der Waals surface area contributed by atoms with Gasteiger partial charge in [-0.1, -0.05) is 107 Å². The van der Waals surface area contributed by atoms with E-state index in [1.807, 2.05) is 58.1 Å². The lowest BCUT2D eigenvalue weighted by Gasteiger charge is -2.10. The Morgan fingerprint density at radius 3 is 1.94 bits per heavy atom. The minimum Gasteiger partial charge on any atom is -0.483 e. The van der Waals surface area contributed by atoms with Gasteiger partial charge in [-0.05, 0) is 69.1 Å². The van der Waals surface area contributed by atoms with E-state index in [2.05, 4.69) is 63.8 Å². The first-order valence-electron chi connectivity index (χ1n) is 12.0. The number of aryl methyl sites for hydroxylation is 1. The van der Waals surface area contributed by atoms with Gasteiger partial charge in [-0.25, -0.2) is 0 Å². The molecule has 0 saturated carbocycles. The van der Waals surface area contributed by atoms with Crippen LogP contribution in [0.5, 0.6) is 0 Å². The quantitative estimate of drug-likeness (QED) is 0.274. The van der Waals surface area contributed by atoms with Gasteiger partial charge in [0.15, 0.2) is 0 Å². The van der Waals surface area contributed by atoms with Crippen LogP contribution in [0.3, 0.4) is 0 Å². The second-order valence-corrected chi connectivity index (χ2v) is 6.99. The number of benzene rings is 1. The summed E-state index contributed by atoms with van der Waals surface area (Å²) in [5.41, 5.74) is 5.26. The molecule has 1 aromatic rings. The average Bonchev–Trinajstić information content (AvgIpc) is 2.86. The highest BCUT2D eigenvalue weighted by molar-refractivity contribution is 5.32. The molecule has 0 aliphatic rings. The fourth-order valence-electron chi connectivity index (χ4n) is 2.72. The maximum Gasteiger partial charge on any atom is 0.290 e. The molecule has 0 heterocycles. The molecule has 0 amide bonds. The monoisotopic (exact) mass is 456 g/mol. The first-order valence-corrected chi connectivity index (χ1v) is 12.0. The summed E-state index contributed by atoms with van der Waals surface area (Å²) in [5.74, 6) is 0.669. The molecule has 2 N–H and O–H groups in total. The Hall–Kier alpha value is -2.65. The molecule has 186 valence electrons. The molecule has 0 saturated heterocycles. The number of hydrogen-bond donors (Lipinski definition) is 2. The van der Waals surface area contributed by atoms with Crippen molar-refractivity contribution < 1.29 is 15.0 Å². The molecule has 0 radical (unpaired) electrons. The number of rotatable bonds is 10. The van der Waals surface area contributed by atoms with E-state index in [1.165, 1.54) is 29.5 Å². The summed E-state index contributed by atoms with van der Waals surface area (Å²) < 4.78 is 0. The molecule has 0 bridgehead atoms. The third-order valence-corrected chi connectivity index (χ3v) is 4.84. The molecule has 1 atom stereocenters. The van der Waals surface area contributed by atoms with E-state index in [-0.39, 0.29) is 13.1 Å². The molecule has 1 unspecified atom stereocenters. The highest BCUT2D eigenvalue weighted by Crippen LogP contribution is 2.20. The number of carbonyl (C=O) groups is 1. The van der Waals surface area contributed by atoms with E-state index >= 15 is 0 Å². The fourth-order valence-corrected chi connectivity index (χ4v) is 2.72. The van der Waals surface area contributed by atoms with Crippen molar-refractivity contribution in [3.63, 3.8) is 0 Å². The molecule has 0 fully saturated rings. The Bertz CT molecular complexity index is 689. The molecule has 33 heavy (non-hydrogen) atoms. The predicted octanol–water partition coefficient (Wildman–Crippen LogP) is 8.44. The summed E-state index contributed by atoms with van der Waals surface area (Å²) >= 11 is 0. The Morgan fingerprint density at radius 1 is 1.03 bits per heavy atom. The molecular weight excluding hydrogens is 408 g/mol. The van der Waals surface area contributed by atoms with Crippen LogP contribution in [0, 0.1) is 0 Å². The highest BCUT2D eigenvalue weighted by Gasteiger charge is 2.02. The van der Waals surface area contributed by atoms with Crippen LogP contribution < -0.4 is 0 Å². The minimum absolute atomic E-state index is 0.140. The summed E-state index contributed by atoms with van der Waals surface area (Å²) in [4.78, 5) is 8.36. The van der Waals surface area contributed by atoms with E-state index < -0.39 is 0 Å². The van der Waals surface area contributed by atoms with Crippen molar-refractivity contribution in [1.82, 2.24) is 0 Å². The van der Waals surface area contributed by atoms with Gasteiger partial charge >= 0.3 is 0 Å². The van der Waals surface area contributed by atoms with E-state index in [0.29, 0.717) is 5.92 Å². The second kappa shape index (κ2) is 27.4. The zero-order valence-electron chi connectivity index (χ0n) is 22.1. The second-order valence-electron chi connectivity index (χ2n) is 6.99. The predicted molar refractivity (Wildman–Crippen MR) is 147 cm³/mol. The van der Waals surface area contributed by atoms with Crippen molar-refractivity contribution in [1.29, 1.82) is 0 Å². The van der Waals surface area contributed by atoms with Crippen LogP contribution in [0.25, 0.3) is 0 Å². The van der Waals surface area contributed by atoms with Crippen LogP contribution in [-0.2, 0) is 11.2 Å². The lowest BCUT2D eigenvalue weighted by molar-refractivity contribution is -0.122. The van der Waals surface area contributed by atoms with Crippen molar-refractivity contribution in [3.8, 4) is 0 Å². The standard InChI is InChI=1S/C20H28.C7H12O.C2H6.CH2O2/c1-5-8-10-18(7-3)11-9-12-19-13-15-20(16-14-19)17(4)6-2;1-3-5-7(4-2)6-8;1-2;2-1-3/h5,7-8,10,13-17H,1,6,9,11-12H2,2-4H3;3-5,8H,6H2,1-2H3;1-2H3;1H,(H,2,3)/b10-8-,18-7+;5-3-,7-4+;;. The summed E-state index contributed by atoms with van der Waals surface area (Å²) in [5, 5.41) is 15.4. The highest BCUT2D eigenvalue weighted by atomic mass is 16.3. The molecule has 1 aromatic carbocycles. The average molecular weight is 457 g/mol. The van der Waals surface area contributed by atoms with Crippen LogP contribution in [0.4, 0.5) is 0 Å². The van der Waals surface area contributed by atoms with Gasteiger partial charge < -0.3 is 10.2 Å². The number of aliphatic hydroxyl groups is 1. The van der Waals surface area contributed by atoms with Gasteiger partial charge in [-0.3, -0.25) is 4.79 Å². The van der Waals surface area contributed by atoms with Crippen LogP contribution in [0.2, 0.25) is 0 Å². The molecule has 0 aliphatic heterocycles. The Morgan fingerprint density at radius 2 is 1.58 bits per heavy atom. The number of allylic oxidation sites excluding steroid dienone is 7. The van der Waals surface area contributed by atoms with Crippen molar-refractivity contribution in [2.45, 2.75) is 80.1 Å². The number of carboxylic acid groups (broad SMARTS) is 1. The first kappa shape index (κ1) is 35.0. The molecule has 1 rings (SSSR count). The fraction of sp³-hybridized carbons (Fsp3) is 0.433. The first-order chi connectivity index (χ1) is 16.0. The van der Waals surface area contributed by atoms with Gasteiger partial charge in [0.2, 0.25) is 0 Å². The maximum atomic E-state index is 8.54. The smallest absolute Gasteiger partial charge is 0.290 e. The third kappa shape index (κ3) is 21.0. The number of aliphatic hydroxyl groups excluding tert-OH is 1. The Labute approximate surface area is 204 Å². The van der Waals surface area contributed by atoms with E-state index in [1.54, 1.807) is 0 Å². The van der Waals surface area contributed by atoms with Crippen molar-refractivity contribution in [2.75, 3.05) is 6.61 Å². The third-order valence-electron chi connectivity index (χ3n) is 4.84. The van der Waals surface area contributed by atoms with Gasteiger partial charge in [-0.2, -0.15) is 0 Å². The number of hydrogen-bond acceptors (Lipinski definition) is 2. The zero-order chi connectivity index (χ0) is 25.9. The summed E-state index contributed by atoms with van der Waals surface area (Å²) in [6.45, 7) is 18.1. The zero-order valence-corrected chi connectivity index (χ0v) is 22.1. The Kier molecular flexibility index (Phi) is 29.0. The van der Waals surface area contributed by atoms with Gasteiger partial charge in [0.25, 0.3) is 6.47 Å². The van der Waals surface area contributed by atoms with Crippen LogP contribution >= 0.6 is 0 Å². The SMILES string of the molecule is C/C=C\C(=C/C)CO.C=C/C=C\C(=C/C)CCCc1ccc(C(C)CC)cc1.CC.O=CO. The molecule has 0 aliphatic carbocycles. The van der Waals surface area contributed by atoms with Gasteiger partial charge in [0.1, 0.15) is 0 Å². The van der Waals surface area contributed by atoms with Gasteiger partial charge in [-0.15, -0.1) is 0 Å². The molecule has 3 nitrogen and oxygen atoms in total. The van der Waals surface area contributed by atoms with Gasteiger partial charge in [0.05, 0.1) is 6.61 Å². The maximum absolute atomic E-state index is 8.54. The minimum atomic E-state index is -0.250. The van der Waals surface area contributed by atoms with E-state index in [0.717, 1.165) is 18.4 Å². The molecular formula is C30H48O3. The molecule has 3 heteroatoms. The lowest BCUT2D eigenvalue weighted by atomic mass is 9.96. The topological polar surface area (TPSA) is 57.5 Å². The lowest BCUT2D eigenvalue weighted by Crippen LogP contribution is -1.92. The largest absolute Gasteiger partial charge is 0.483 e. The molecule has 0 spiro atoms. The van der Waals surface area contributed by atoms with E-state index in [4.69, 9.17) is 15.0 Å². The van der Waals surface area contributed by atoms with Crippen LogP contribution in [0.1, 0.15) is 84.8 Å². The van der Waals surface area contributed by atoms with Gasteiger partial charge in [0, 0.05) is 0 Å². The van der Waals surface area contributed by atoms with Crippen molar-refractivity contribution in [3.05, 3.63) is 95.6 Å². The van der Waals surface area contributed by atoms with E-state index in [9.17, 15) is 0 Å². The summed E-state index contributed by atoms with van der Waals surface area (Å²) in [6, 6.07) is 9.15. The molecule has 0 aromatic heterocycles. The van der Waals surface area contributed by atoms with Crippen molar-refractivity contribution in [2.24, 2.45) is 0 Å². The summed E-state index contributed by atoms with van der Waals surface area (Å²) in [6.07, 6.45) is 18.6. The van der Waals surface area contributed by atoms with Crippen molar-refractivity contribution >= 4 is 6.47 Å². The van der Waals surface area contributed by atoms with Crippen LogP contribution in [-0.4, -0.2) is 23.3 Å². The normalized spacial score (nSPS) is 12.0.